The molecule has 1 atom stereocenters. The molecule has 0 fully saturated rings. The highest BCUT2D eigenvalue weighted by atomic mass is 35.5. The molecule has 1 aromatic rings. The molecule has 0 radical (unpaired) electrons. The first-order valence-corrected chi connectivity index (χ1v) is 5.61. The Bertz CT molecular complexity index is 303. The summed E-state index contributed by atoms with van der Waals surface area (Å²) in [5.41, 5.74) is 8.65. The summed E-state index contributed by atoms with van der Waals surface area (Å²) < 4.78 is 0. The quantitative estimate of drug-likeness (QED) is 0.766. The fourth-order valence-electron chi connectivity index (χ4n) is 1.59. The number of hydrogen-bond acceptors (Lipinski definition) is 1. The SMILES string of the molecule is C=CCC[C@H](N)c1ccc(C(C)C)cc1.Cl. The van der Waals surface area contributed by atoms with E-state index in [1.54, 1.807) is 0 Å². The van der Waals surface area contributed by atoms with Crippen LogP contribution in [0.4, 0.5) is 0 Å². The molecular formula is C14H22ClN. The lowest BCUT2D eigenvalue weighted by atomic mass is 9.97. The van der Waals surface area contributed by atoms with Crippen molar-refractivity contribution >= 4 is 12.4 Å². The summed E-state index contributed by atoms with van der Waals surface area (Å²) in [7, 11) is 0. The summed E-state index contributed by atoms with van der Waals surface area (Å²) in [6.45, 7) is 8.11. The van der Waals surface area contributed by atoms with Crippen LogP contribution in [0.25, 0.3) is 0 Å². The van der Waals surface area contributed by atoms with E-state index in [1.807, 2.05) is 6.08 Å². The third-order valence-corrected chi connectivity index (χ3v) is 2.71. The van der Waals surface area contributed by atoms with Crippen molar-refractivity contribution in [2.45, 2.75) is 38.6 Å². The maximum Gasteiger partial charge on any atom is 0.0297 e. The molecule has 0 saturated carbocycles. The van der Waals surface area contributed by atoms with Crippen LogP contribution in [0, 0.1) is 0 Å². The molecule has 0 unspecified atom stereocenters. The number of allylic oxidation sites excluding steroid dienone is 1. The molecule has 16 heavy (non-hydrogen) atoms. The second-order valence-electron chi connectivity index (χ2n) is 4.29. The Hall–Kier alpha value is -0.790. The Morgan fingerprint density at radius 2 is 1.69 bits per heavy atom. The summed E-state index contributed by atoms with van der Waals surface area (Å²) in [4.78, 5) is 0. The van der Waals surface area contributed by atoms with Crippen LogP contribution in [0.3, 0.4) is 0 Å². The first kappa shape index (κ1) is 15.2. The molecule has 1 aromatic carbocycles. The van der Waals surface area contributed by atoms with Crippen molar-refractivity contribution in [2.24, 2.45) is 5.73 Å². The molecule has 0 spiro atoms. The van der Waals surface area contributed by atoms with E-state index < -0.39 is 0 Å². The van der Waals surface area contributed by atoms with E-state index >= 15 is 0 Å². The second kappa shape index (κ2) is 7.48. The highest BCUT2D eigenvalue weighted by Gasteiger charge is 2.05. The van der Waals surface area contributed by atoms with Gasteiger partial charge in [0.15, 0.2) is 0 Å². The van der Waals surface area contributed by atoms with Gasteiger partial charge in [0.2, 0.25) is 0 Å². The van der Waals surface area contributed by atoms with Gasteiger partial charge in [-0.1, -0.05) is 44.2 Å². The summed E-state index contributed by atoms with van der Waals surface area (Å²) in [6.07, 6.45) is 3.87. The number of rotatable bonds is 5. The van der Waals surface area contributed by atoms with E-state index in [2.05, 4.69) is 44.7 Å². The maximum absolute atomic E-state index is 6.06. The van der Waals surface area contributed by atoms with Crippen LogP contribution < -0.4 is 5.73 Å². The molecular weight excluding hydrogens is 218 g/mol. The average Bonchev–Trinajstić information content (AvgIpc) is 2.26. The lowest BCUT2D eigenvalue weighted by molar-refractivity contribution is 0.661. The van der Waals surface area contributed by atoms with Crippen LogP contribution in [-0.2, 0) is 0 Å². The van der Waals surface area contributed by atoms with Crippen LogP contribution in [0.5, 0.6) is 0 Å². The molecule has 0 aliphatic heterocycles. The van der Waals surface area contributed by atoms with E-state index in [0.29, 0.717) is 5.92 Å². The minimum absolute atomic E-state index is 0. The Balaban J connectivity index is 0.00000225. The monoisotopic (exact) mass is 239 g/mol. The van der Waals surface area contributed by atoms with Crippen molar-refractivity contribution in [3.05, 3.63) is 48.0 Å². The Kier molecular flexibility index (Phi) is 7.11. The van der Waals surface area contributed by atoms with Gasteiger partial charge in [-0.3, -0.25) is 0 Å². The zero-order chi connectivity index (χ0) is 11.3. The molecule has 2 heteroatoms. The predicted octanol–water partition coefficient (Wildman–Crippen LogP) is 4.20. The third kappa shape index (κ3) is 4.38. The van der Waals surface area contributed by atoms with Gasteiger partial charge in [0.05, 0.1) is 0 Å². The van der Waals surface area contributed by atoms with E-state index in [1.165, 1.54) is 11.1 Å². The zero-order valence-electron chi connectivity index (χ0n) is 10.1. The van der Waals surface area contributed by atoms with Crippen molar-refractivity contribution in [3.63, 3.8) is 0 Å². The Morgan fingerprint density at radius 3 is 2.12 bits per heavy atom. The van der Waals surface area contributed by atoms with Crippen molar-refractivity contribution < 1.29 is 0 Å². The molecule has 0 aliphatic rings. The molecule has 90 valence electrons. The predicted molar refractivity (Wildman–Crippen MR) is 74.1 cm³/mol. The van der Waals surface area contributed by atoms with Crippen LogP contribution in [0.15, 0.2) is 36.9 Å². The molecule has 0 saturated heterocycles. The summed E-state index contributed by atoms with van der Waals surface area (Å²) in [6, 6.07) is 8.78. The molecule has 0 amide bonds. The van der Waals surface area contributed by atoms with E-state index in [4.69, 9.17) is 5.73 Å². The molecule has 0 bridgehead atoms. The van der Waals surface area contributed by atoms with E-state index in [0.717, 1.165) is 12.8 Å². The lowest BCUT2D eigenvalue weighted by Gasteiger charge is -2.12. The van der Waals surface area contributed by atoms with Crippen LogP contribution in [-0.4, -0.2) is 0 Å². The maximum atomic E-state index is 6.06. The summed E-state index contributed by atoms with van der Waals surface area (Å²) in [5, 5.41) is 0. The molecule has 0 aliphatic carbocycles. The fraction of sp³-hybridized carbons (Fsp3) is 0.429. The first-order valence-electron chi connectivity index (χ1n) is 5.61. The molecule has 1 rings (SSSR count). The zero-order valence-corrected chi connectivity index (χ0v) is 11.0. The highest BCUT2D eigenvalue weighted by molar-refractivity contribution is 5.85. The number of hydrogen-bond donors (Lipinski definition) is 1. The van der Waals surface area contributed by atoms with Gasteiger partial charge in [0, 0.05) is 6.04 Å². The topological polar surface area (TPSA) is 26.0 Å². The van der Waals surface area contributed by atoms with Gasteiger partial charge in [-0.2, -0.15) is 0 Å². The summed E-state index contributed by atoms with van der Waals surface area (Å²) in [5.74, 6) is 0.587. The van der Waals surface area contributed by atoms with E-state index in [9.17, 15) is 0 Å². The minimum atomic E-state index is 0. The normalized spacial score (nSPS) is 12.0. The van der Waals surface area contributed by atoms with Gasteiger partial charge in [-0.15, -0.1) is 19.0 Å². The Labute approximate surface area is 105 Å². The van der Waals surface area contributed by atoms with Crippen LogP contribution >= 0.6 is 12.4 Å². The van der Waals surface area contributed by atoms with Gasteiger partial charge in [0.1, 0.15) is 0 Å². The van der Waals surface area contributed by atoms with Crippen molar-refractivity contribution in [3.8, 4) is 0 Å². The van der Waals surface area contributed by atoms with Crippen LogP contribution in [0.2, 0.25) is 0 Å². The average molecular weight is 240 g/mol. The van der Waals surface area contributed by atoms with Gasteiger partial charge in [0.25, 0.3) is 0 Å². The lowest BCUT2D eigenvalue weighted by Crippen LogP contribution is -2.09. The highest BCUT2D eigenvalue weighted by Crippen LogP contribution is 2.20. The summed E-state index contributed by atoms with van der Waals surface area (Å²) >= 11 is 0. The number of benzene rings is 1. The third-order valence-electron chi connectivity index (χ3n) is 2.71. The van der Waals surface area contributed by atoms with E-state index in [-0.39, 0.29) is 18.4 Å². The first-order chi connectivity index (χ1) is 7.15. The second-order valence-corrected chi connectivity index (χ2v) is 4.29. The van der Waals surface area contributed by atoms with Gasteiger partial charge in [-0.05, 0) is 29.9 Å². The minimum Gasteiger partial charge on any atom is -0.324 e. The van der Waals surface area contributed by atoms with Gasteiger partial charge in [-0.25, -0.2) is 0 Å². The number of halogens is 1. The van der Waals surface area contributed by atoms with Crippen molar-refractivity contribution in [2.75, 3.05) is 0 Å². The van der Waals surface area contributed by atoms with Gasteiger partial charge < -0.3 is 5.73 Å². The smallest absolute Gasteiger partial charge is 0.0297 e. The Morgan fingerprint density at radius 1 is 1.19 bits per heavy atom. The standard InChI is InChI=1S/C14H21N.ClH/c1-4-5-6-14(15)13-9-7-12(8-10-13)11(2)3;/h4,7-11,14H,1,5-6,15H2,2-3H3;1H/t14-;/m0./s1. The van der Waals surface area contributed by atoms with Crippen LogP contribution in [0.1, 0.15) is 49.8 Å². The van der Waals surface area contributed by atoms with Crippen molar-refractivity contribution in [1.82, 2.24) is 0 Å². The largest absolute Gasteiger partial charge is 0.324 e. The fourth-order valence-corrected chi connectivity index (χ4v) is 1.59. The molecule has 2 N–H and O–H groups in total. The van der Waals surface area contributed by atoms with Gasteiger partial charge >= 0.3 is 0 Å². The van der Waals surface area contributed by atoms with Crippen molar-refractivity contribution in [1.29, 1.82) is 0 Å². The molecule has 0 aromatic heterocycles. The molecule has 0 heterocycles. The number of nitrogens with two attached hydrogens (primary N) is 1. The molecule has 1 nitrogen and oxygen atoms in total.